The Balaban J connectivity index is 0.993. The molecule has 0 bridgehead atoms. The van der Waals surface area contributed by atoms with Crippen LogP contribution in [0.25, 0.3) is 0 Å². The molecule has 12 rings (SSSR count). The molecule has 1 saturated heterocycles. The predicted octanol–water partition coefficient (Wildman–Crippen LogP) is 14.1. The number of carboxylic acids is 1. The molecule has 2 aliphatic rings. The molecule has 414 valence electrons. The zero-order valence-corrected chi connectivity index (χ0v) is 47.6. The highest BCUT2D eigenvalue weighted by Gasteiger charge is 2.57. The van der Waals surface area contributed by atoms with E-state index in [1.807, 2.05) is 218 Å². The van der Waals surface area contributed by atoms with Gasteiger partial charge in [0, 0.05) is 51.6 Å². The second kappa shape index (κ2) is 24.6. The van der Waals surface area contributed by atoms with Gasteiger partial charge in [-0.25, -0.2) is 9.78 Å². The van der Waals surface area contributed by atoms with Crippen LogP contribution in [0.3, 0.4) is 0 Å². The number of nitrogens with zero attached hydrogens (tertiary/aromatic N) is 4. The van der Waals surface area contributed by atoms with Crippen LogP contribution in [0.4, 0.5) is 5.13 Å². The van der Waals surface area contributed by atoms with E-state index in [9.17, 15) is 9.90 Å². The van der Waals surface area contributed by atoms with Crippen molar-refractivity contribution in [2.45, 2.75) is 41.3 Å². The van der Waals surface area contributed by atoms with Crippen molar-refractivity contribution in [3.8, 4) is 0 Å². The number of halogens is 1. The summed E-state index contributed by atoms with van der Waals surface area (Å²) >= 11 is 9.97. The molecule has 0 saturated carbocycles. The van der Waals surface area contributed by atoms with Crippen LogP contribution < -0.4 is 10.6 Å². The van der Waals surface area contributed by atoms with E-state index in [1.165, 1.54) is 16.7 Å². The molecule has 1 unspecified atom stereocenters. The number of nitrogens with one attached hydrogen (secondary N) is 2. The first-order chi connectivity index (χ1) is 41.2. The number of carbonyl (C=O) groups is 3. The Hall–Kier alpha value is -9.40. The first-order valence-corrected chi connectivity index (χ1v) is 29.7. The number of anilines is 1. The van der Waals surface area contributed by atoms with Gasteiger partial charge in [0.1, 0.15) is 27.3 Å². The molecule has 8 aromatic carbocycles. The zero-order chi connectivity index (χ0) is 57.5. The highest BCUT2D eigenvalue weighted by atomic mass is 35.5. The number of hydrogen-bond acceptors (Lipinski definition) is 10. The third-order valence-corrected chi connectivity index (χ3v) is 18.1. The van der Waals surface area contributed by atoms with Crippen LogP contribution in [0.1, 0.15) is 68.1 Å². The Labute approximate surface area is 500 Å². The van der Waals surface area contributed by atoms with Gasteiger partial charge >= 0.3 is 5.97 Å². The number of pyridine rings is 1. The van der Waals surface area contributed by atoms with Crippen molar-refractivity contribution in [2.24, 2.45) is 11.1 Å². The number of aromatic nitrogens is 2. The lowest BCUT2D eigenvalue weighted by Gasteiger charge is -2.53. The number of oxime groups is 1. The van der Waals surface area contributed by atoms with Crippen molar-refractivity contribution in [3.63, 3.8) is 0 Å². The van der Waals surface area contributed by atoms with Crippen molar-refractivity contribution in [1.29, 1.82) is 0 Å². The summed E-state index contributed by atoms with van der Waals surface area (Å²) < 4.78 is 0.114. The van der Waals surface area contributed by atoms with E-state index in [-0.39, 0.29) is 27.4 Å². The number of benzene rings is 8. The normalized spacial score (nSPS) is 16.1. The average molecular weight is 1160 g/mol. The molecule has 3 atom stereocenters. The minimum atomic E-state index is -1.45. The molecule has 0 spiro atoms. The van der Waals surface area contributed by atoms with Gasteiger partial charge in [0.2, 0.25) is 5.60 Å². The number of aliphatic carboxylic acids is 1. The third kappa shape index (κ3) is 10.7. The quantitative estimate of drug-likeness (QED) is 0.0294. The van der Waals surface area contributed by atoms with E-state index in [0.29, 0.717) is 38.9 Å². The number of β-lactam (4-membered cyclic amide) rings is 1. The lowest BCUT2D eigenvalue weighted by atomic mass is 9.71. The molecule has 2 amide bonds. The molecule has 0 radical (unpaired) electrons. The van der Waals surface area contributed by atoms with Crippen LogP contribution in [0.2, 0.25) is 4.34 Å². The smallest absolute Gasteiger partial charge is 0.353 e. The third-order valence-electron chi connectivity index (χ3n) is 15.6. The summed E-state index contributed by atoms with van der Waals surface area (Å²) in [5.74, 6) is -3.01. The predicted molar refractivity (Wildman–Crippen MR) is 332 cm³/mol. The van der Waals surface area contributed by atoms with Crippen LogP contribution in [-0.4, -0.2) is 55.6 Å². The Morgan fingerprint density at radius 1 is 0.643 bits per heavy atom. The monoisotopic (exact) mass is 1160 g/mol. The molecule has 14 heteroatoms. The largest absolute Gasteiger partial charge is 0.477 e. The van der Waals surface area contributed by atoms with E-state index in [2.05, 4.69) is 52.0 Å². The standard InChI is InChI=1S/C70H55ClN6O5S2/c71-64-60(74-68(84-64)75-69(50-29-13-3-14-30-50,51-31-15-4-16-32-51)52-33-17-5-18-34-52)61(76-82-70(53-35-19-6-20-36-53,54-37-21-7-22-38-54)55-39-23-8-24-40-55)65(78)73-59-57-45-56(58(48-25-9-1-10-26-48)49-27-11-2-12-28-49)63(62(67(80)81)77(57)66(59)79)83-46-47-41-43-72-44-42-47/h1-44,56-59H,45-46H2,(H,73,78)(H,74,75)(H,80,81)/t56?,57-,59+/m1/s1. The molecule has 2 aliphatic heterocycles. The SMILES string of the molecule is O=C(O)C1=C(SCc2ccncc2)C(C(c2ccccc2)c2ccccc2)C[C@@H]2[C@H](NC(=O)C(=NOC(c3ccccc3)(c3ccccc3)c3ccccc3)c3nc(NC(c4ccccc4)(c4ccccc4)c4ccccc4)sc3Cl)C(=O)N12. The van der Waals surface area contributed by atoms with Gasteiger partial charge in [-0.05, 0) is 51.9 Å². The maximum Gasteiger partial charge on any atom is 0.353 e. The number of rotatable bonds is 20. The number of carbonyl (C=O) groups excluding carboxylic acids is 2. The number of thiazole rings is 1. The first-order valence-electron chi connectivity index (χ1n) is 27.5. The minimum absolute atomic E-state index is 0.00729. The number of allylic oxidation sites excluding steroid dienone is 1. The summed E-state index contributed by atoms with van der Waals surface area (Å²) in [7, 11) is 0. The summed E-state index contributed by atoms with van der Waals surface area (Å²) in [6, 6.07) is 80.9. The number of hydrogen-bond donors (Lipinski definition) is 3. The highest BCUT2D eigenvalue weighted by molar-refractivity contribution is 8.02. The van der Waals surface area contributed by atoms with Crippen LogP contribution in [-0.2, 0) is 36.1 Å². The Morgan fingerprint density at radius 2 is 1.07 bits per heavy atom. The van der Waals surface area contributed by atoms with Gasteiger partial charge in [-0.2, -0.15) is 0 Å². The number of thioether (sulfide) groups is 1. The van der Waals surface area contributed by atoms with E-state index < -0.39 is 46.9 Å². The molecule has 84 heavy (non-hydrogen) atoms. The molecule has 10 aromatic rings. The van der Waals surface area contributed by atoms with E-state index in [0.717, 1.165) is 44.7 Å². The molecule has 1 fully saturated rings. The van der Waals surface area contributed by atoms with Gasteiger partial charge in [0.15, 0.2) is 10.8 Å². The molecular formula is C70H55ClN6O5S2. The van der Waals surface area contributed by atoms with Gasteiger partial charge in [0.25, 0.3) is 11.8 Å². The second-order valence-corrected chi connectivity index (χ2v) is 23.1. The molecular weight excluding hydrogens is 1100 g/mol. The fourth-order valence-electron chi connectivity index (χ4n) is 11.8. The summed E-state index contributed by atoms with van der Waals surface area (Å²) in [4.78, 5) is 63.1. The maximum atomic E-state index is 15.9. The number of fused-ring (bicyclic) bond motifs is 1. The molecule has 3 N–H and O–H groups in total. The summed E-state index contributed by atoms with van der Waals surface area (Å²) in [6.45, 7) is 0. The van der Waals surface area contributed by atoms with Crippen molar-refractivity contribution in [3.05, 3.63) is 338 Å². The number of amides is 2. The fraction of sp³-hybridized carbons (Fsp3) is 0.114. The average Bonchev–Trinajstić information content (AvgIpc) is 1.32. The van der Waals surface area contributed by atoms with Crippen LogP contribution in [0, 0.1) is 5.92 Å². The van der Waals surface area contributed by atoms with E-state index >= 15 is 9.59 Å². The summed E-state index contributed by atoms with van der Waals surface area (Å²) in [5.41, 5.74) is 4.87. The van der Waals surface area contributed by atoms with Crippen molar-refractivity contribution >= 4 is 63.3 Å². The highest BCUT2D eigenvalue weighted by Crippen LogP contribution is 2.52. The number of carboxylic acid groups (broad SMARTS) is 1. The van der Waals surface area contributed by atoms with Crippen molar-refractivity contribution < 1.29 is 24.3 Å². The topological polar surface area (TPSA) is 146 Å². The lowest BCUT2D eigenvalue weighted by Crippen LogP contribution is -2.73. The van der Waals surface area contributed by atoms with E-state index in [4.69, 9.17) is 26.6 Å². The van der Waals surface area contributed by atoms with Crippen LogP contribution in [0.15, 0.2) is 283 Å². The molecule has 11 nitrogen and oxygen atoms in total. The minimum Gasteiger partial charge on any atom is -0.477 e. The first kappa shape index (κ1) is 55.2. The van der Waals surface area contributed by atoms with Gasteiger partial charge in [-0.3, -0.25) is 19.5 Å². The van der Waals surface area contributed by atoms with Gasteiger partial charge < -0.3 is 20.6 Å². The van der Waals surface area contributed by atoms with Crippen molar-refractivity contribution in [1.82, 2.24) is 20.2 Å². The van der Waals surface area contributed by atoms with Gasteiger partial charge in [0.05, 0.1) is 6.04 Å². The van der Waals surface area contributed by atoms with E-state index in [1.54, 1.807) is 12.4 Å². The maximum absolute atomic E-state index is 15.9. The van der Waals surface area contributed by atoms with Crippen LogP contribution in [0.5, 0.6) is 0 Å². The Bertz CT molecular complexity index is 3730. The zero-order valence-electron chi connectivity index (χ0n) is 45.2. The second-order valence-electron chi connectivity index (χ2n) is 20.5. The molecule has 4 heterocycles. The lowest BCUT2D eigenvalue weighted by molar-refractivity contribution is -0.156. The van der Waals surface area contributed by atoms with Gasteiger partial charge in [-0.15, -0.1) is 11.8 Å². The van der Waals surface area contributed by atoms with Gasteiger partial charge in [-0.1, -0.05) is 271 Å². The summed E-state index contributed by atoms with van der Waals surface area (Å²) in [5, 5.41) is 23.5. The fourth-order valence-corrected chi connectivity index (χ4v) is 14.2. The van der Waals surface area contributed by atoms with Crippen molar-refractivity contribution in [2.75, 3.05) is 5.32 Å². The Morgan fingerprint density at radius 3 is 1.51 bits per heavy atom. The molecule has 2 aromatic heterocycles. The molecule has 0 aliphatic carbocycles. The summed E-state index contributed by atoms with van der Waals surface area (Å²) in [6.07, 6.45) is 3.71. The van der Waals surface area contributed by atoms with Crippen LogP contribution >= 0.6 is 34.7 Å². The Kier molecular flexibility index (Phi) is 16.1.